The first-order valence-corrected chi connectivity index (χ1v) is 7.70. The van der Waals surface area contributed by atoms with Crippen LogP contribution in [-0.4, -0.2) is 13.3 Å². The molecule has 3 heteroatoms. The molecule has 0 saturated carbocycles. The lowest BCUT2D eigenvalue weighted by molar-refractivity contribution is 0.160. The van der Waals surface area contributed by atoms with Crippen LogP contribution in [0.3, 0.4) is 0 Å². The van der Waals surface area contributed by atoms with Crippen LogP contribution in [0.25, 0.3) is 0 Å². The molecule has 0 spiro atoms. The summed E-state index contributed by atoms with van der Waals surface area (Å²) >= 11 is 0. The van der Waals surface area contributed by atoms with Gasteiger partial charge in [0.15, 0.2) is 7.37 Å². The van der Waals surface area contributed by atoms with Gasteiger partial charge in [-0.3, -0.25) is 4.57 Å². The van der Waals surface area contributed by atoms with E-state index >= 15 is 0 Å². The first kappa shape index (κ1) is 12.5. The summed E-state index contributed by atoms with van der Waals surface area (Å²) in [6.07, 6.45) is -0.0768. The van der Waals surface area contributed by atoms with Crippen LogP contribution >= 0.6 is 7.37 Å². The van der Waals surface area contributed by atoms with Crippen molar-refractivity contribution in [1.82, 2.24) is 0 Å². The molecular weight excluding hydrogens is 207 g/mol. The van der Waals surface area contributed by atoms with Gasteiger partial charge in [0, 0.05) is 13.3 Å². The fraction of sp³-hybridized carbons (Fsp3) is 0.500. The lowest BCUT2D eigenvalue weighted by atomic mass is 9.99. The number of rotatable bonds is 4. The molecular formula is C12H19O2P. The van der Waals surface area contributed by atoms with E-state index in [4.69, 9.17) is 4.52 Å². The van der Waals surface area contributed by atoms with Crippen molar-refractivity contribution in [2.45, 2.75) is 20.0 Å². The summed E-state index contributed by atoms with van der Waals surface area (Å²) in [4.78, 5) is 0. The standard InChI is InChI=1S/C12H19O2P/c1-10(2)12(14-15(3,4)13)11-8-6-5-7-9-11/h5-10,12H,1-4H3. The fourth-order valence-electron chi connectivity index (χ4n) is 1.48. The van der Waals surface area contributed by atoms with Crippen LogP contribution < -0.4 is 0 Å². The van der Waals surface area contributed by atoms with Crippen molar-refractivity contribution < 1.29 is 9.09 Å². The number of hydrogen-bond donors (Lipinski definition) is 0. The molecule has 0 aromatic heterocycles. The second-order valence-electron chi connectivity index (χ2n) is 4.43. The Morgan fingerprint density at radius 2 is 1.67 bits per heavy atom. The van der Waals surface area contributed by atoms with E-state index in [2.05, 4.69) is 13.8 Å². The van der Waals surface area contributed by atoms with Crippen LogP contribution in [0.4, 0.5) is 0 Å². The van der Waals surface area contributed by atoms with E-state index in [1.54, 1.807) is 13.3 Å². The van der Waals surface area contributed by atoms with Crippen LogP contribution in [0.1, 0.15) is 25.5 Å². The summed E-state index contributed by atoms with van der Waals surface area (Å²) in [5.41, 5.74) is 1.09. The summed E-state index contributed by atoms with van der Waals surface area (Å²) in [6.45, 7) is 7.47. The van der Waals surface area contributed by atoms with E-state index < -0.39 is 7.37 Å². The monoisotopic (exact) mass is 226 g/mol. The van der Waals surface area contributed by atoms with Crippen molar-refractivity contribution in [2.24, 2.45) is 5.92 Å². The summed E-state index contributed by atoms with van der Waals surface area (Å²) < 4.78 is 17.3. The van der Waals surface area contributed by atoms with E-state index in [0.29, 0.717) is 5.92 Å². The maximum Gasteiger partial charge on any atom is 0.197 e. The fourth-order valence-corrected chi connectivity index (χ4v) is 2.40. The Kier molecular flexibility index (Phi) is 4.12. The molecule has 0 fully saturated rings. The van der Waals surface area contributed by atoms with Crippen molar-refractivity contribution in [3.8, 4) is 0 Å². The quantitative estimate of drug-likeness (QED) is 0.727. The van der Waals surface area contributed by atoms with Gasteiger partial charge in [-0.15, -0.1) is 0 Å². The van der Waals surface area contributed by atoms with Gasteiger partial charge in [0.1, 0.15) is 0 Å². The SMILES string of the molecule is CC(C)C(OP(C)(C)=O)c1ccccc1. The second-order valence-corrected chi connectivity index (χ2v) is 7.15. The van der Waals surface area contributed by atoms with Crippen molar-refractivity contribution >= 4 is 7.37 Å². The molecule has 1 rings (SSSR count). The van der Waals surface area contributed by atoms with Gasteiger partial charge in [-0.05, 0) is 11.5 Å². The van der Waals surface area contributed by atoms with Gasteiger partial charge in [0.2, 0.25) is 0 Å². The van der Waals surface area contributed by atoms with Crippen LogP contribution in [0.15, 0.2) is 30.3 Å². The van der Waals surface area contributed by atoms with Gasteiger partial charge in [0.25, 0.3) is 0 Å². The van der Waals surface area contributed by atoms with Gasteiger partial charge in [-0.1, -0.05) is 44.2 Å². The topological polar surface area (TPSA) is 26.3 Å². The highest BCUT2D eigenvalue weighted by Crippen LogP contribution is 2.45. The zero-order valence-corrected chi connectivity index (χ0v) is 10.7. The van der Waals surface area contributed by atoms with E-state index in [0.717, 1.165) is 5.56 Å². The minimum absolute atomic E-state index is 0.0768. The molecule has 0 amide bonds. The molecule has 0 heterocycles. The Morgan fingerprint density at radius 3 is 2.07 bits per heavy atom. The third-order valence-corrected chi connectivity index (χ3v) is 2.84. The molecule has 0 aliphatic rings. The Morgan fingerprint density at radius 1 is 1.13 bits per heavy atom. The Hall–Kier alpha value is -0.590. The van der Waals surface area contributed by atoms with Crippen molar-refractivity contribution in [2.75, 3.05) is 13.3 Å². The Bertz CT molecular complexity index is 340. The maximum absolute atomic E-state index is 11.7. The smallest absolute Gasteiger partial charge is 0.197 e. The Labute approximate surface area is 92.1 Å². The molecule has 1 unspecified atom stereocenters. The maximum atomic E-state index is 11.7. The summed E-state index contributed by atoms with van der Waals surface area (Å²) in [5.74, 6) is 0.320. The molecule has 0 aliphatic heterocycles. The van der Waals surface area contributed by atoms with Gasteiger partial charge < -0.3 is 4.52 Å². The van der Waals surface area contributed by atoms with Crippen molar-refractivity contribution in [3.63, 3.8) is 0 Å². The molecule has 0 N–H and O–H groups in total. The van der Waals surface area contributed by atoms with E-state index in [1.165, 1.54) is 0 Å². The largest absolute Gasteiger partial charge is 0.320 e. The highest BCUT2D eigenvalue weighted by Gasteiger charge is 2.21. The van der Waals surface area contributed by atoms with E-state index in [9.17, 15) is 4.57 Å². The average molecular weight is 226 g/mol. The molecule has 1 aromatic carbocycles. The number of hydrogen-bond acceptors (Lipinski definition) is 2. The zero-order chi connectivity index (χ0) is 11.5. The third-order valence-electron chi connectivity index (χ3n) is 2.10. The number of benzene rings is 1. The summed E-state index contributed by atoms with van der Waals surface area (Å²) in [7, 11) is -2.44. The Balaban J connectivity index is 2.90. The highest BCUT2D eigenvalue weighted by molar-refractivity contribution is 7.57. The molecule has 0 aliphatic carbocycles. The third kappa shape index (κ3) is 4.19. The molecule has 0 bridgehead atoms. The minimum Gasteiger partial charge on any atom is -0.320 e. The zero-order valence-electron chi connectivity index (χ0n) is 9.81. The predicted molar refractivity (Wildman–Crippen MR) is 64.6 cm³/mol. The van der Waals surface area contributed by atoms with E-state index in [-0.39, 0.29) is 6.10 Å². The molecule has 15 heavy (non-hydrogen) atoms. The van der Waals surface area contributed by atoms with Crippen molar-refractivity contribution in [3.05, 3.63) is 35.9 Å². The average Bonchev–Trinajstić information content (AvgIpc) is 2.14. The van der Waals surface area contributed by atoms with Gasteiger partial charge in [-0.25, -0.2) is 0 Å². The minimum atomic E-state index is -2.44. The predicted octanol–water partition coefficient (Wildman–Crippen LogP) is 3.94. The lowest BCUT2D eigenvalue weighted by Gasteiger charge is -2.24. The summed E-state index contributed by atoms with van der Waals surface area (Å²) in [5, 5.41) is 0. The molecule has 84 valence electrons. The summed E-state index contributed by atoms with van der Waals surface area (Å²) in [6, 6.07) is 9.95. The van der Waals surface area contributed by atoms with Gasteiger partial charge in [-0.2, -0.15) is 0 Å². The van der Waals surface area contributed by atoms with Crippen LogP contribution in [0, 0.1) is 5.92 Å². The molecule has 2 nitrogen and oxygen atoms in total. The highest BCUT2D eigenvalue weighted by atomic mass is 31.2. The van der Waals surface area contributed by atoms with Crippen molar-refractivity contribution in [1.29, 1.82) is 0 Å². The van der Waals surface area contributed by atoms with Crippen LogP contribution in [0.5, 0.6) is 0 Å². The lowest BCUT2D eigenvalue weighted by Crippen LogP contribution is -2.09. The first-order chi connectivity index (χ1) is 6.90. The van der Waals surface area contributed by atoms with Gasteiger partial charge in [0.05, 0.1) is 6.10 Å². The molecule has 0 radical (unpaired) electrons. The van der Waals surface area contributed by atoms with Gasteiger partial charge >= 0.3 is 0 Å². The first-order valence-electron chi connectivity index (χ1n) is 5.18. The molecule has 1 aromatic rings. The molecule has 1 atom stereocenters. The normalized spacial score (nSPS) is 14.2. The van der Waals surface area contributed by atoms with Crippen LogP contribution in [-0.2, 0) is 9.09 Å². The van der Waals surface area contributed by atoms with E-state index in [1.807, 2.05) is 30.3 Å². The second kappa shape index (κ2) is 4.96. The molecule has 0 saturated heterocycles. The van der Waals surface area contributed by atoms with Crippen LogP contribution in [0.2, 0.25) is 0 Å².